The van der Waals surface area contributed by atoms with Gasteiger partial charge >= 0.3 is 0 Å². The molecule has 0 N–H and O–H groups in total. The van der Waals surface area contributed by atoms with Crippen molar-refractivity contribution in [1.82, 2.24) is 0 Å². The average Bonchev–Trinajstić information content (AvgIpc) is 2.56. The third kappa shape index (κ3) is 2.89. The Morgan fingerprint density at radius 1 is 1.00 bits per heavy atom. The van der Waals surface area contributed by atoms with Gasteiger partial charge in [0.1, 0.15) is 5.78 Å². The fourth-order valence-corrected chi connectivity index (χ4v) is 3.89. The zero-order valence-corrected chi connectivity index (χ0v) is 12.9. The maximum atomic E-state index is 12.0. The van der Waals surface area contributed by atoms with Crippen molar-refractivity contribution in [2.75, 3.05) is 6.54 Å². The summed E-state index contributed by atoms with van der Waals surface area (Å²) in [6.45, 7) is -0.185. The van der Waals surface area contributed by atoms with Gasteiger partial charge in [0.2, 0.25) is 6.54 Å². The van der Waals surface area contributed by atoms with Gasteiger partial charge in [-0.3, -0.25) is 14.9 Å². The third-order valence-corrected chi connectivity index (χ3v) is 4.92. The van der Waals surface area contributed by atoms with Crippen LogP contribution < -0.4 is 0 Å². The van der Waals surface area contributed by atoms with Crippen molar-refractivity contribution >= 4 is 5.78 Å². The topological polar surface area (TPSA) is 60.2 Å². The fourth-order valence-electron chi connectivity index (χ4n) is 3.89. The van der Waals surface area contributed by atoms with Crippen molar-refractivity contribution in [3.8, 4) is 0 Å². The number of carbonyl (C=O) groups excluding carboxylic acids is 1. The molecular weight excluding hydrogens is 290 g/mol. The monoisotopic (exact) mass is 309 g/mol. The summed E-state index contributed by atoms with van der Waals surface area (Å²) in [4.78, 5) is 22.9. The molecule has 1 fully saturated rings. The van der Waals surface area contributed by atoms with Crippen molar-refractivity contribution in [1.29, 1.82) is 0 Å². The Hall–Kier alpha value is -2.49. The van der Waals surface area contributed by atoms with Crippen LogP contribution in [0.25, 0.3) is 0 Å². The SMILES string of the molecule is O=C1CCC(c2ccccc2)(c2ccccc2)[C@@H](C[N+](=O)[O-])C1. The maximum absolute atomic E-state index is 12.0. The van der Waals surface area contributed by atoms with E-state index < -0.39 is 5.41 Å². The molecule has 118 valence electrons. The predicted octanol–water partition coefficient (Wildman–Crippen LogP) is 3.62. The zero-order chi connectivity index (χ0) is 16.3. The van der Waals surface area contributed by atoms with Crippen LogP contribution in [-0.4, -0.2) is 17.3 Å². The van der Waals surface area contributed by atoms with E-state index in [0.29, 0.717) is 12.8 Å². The van der Waals surface area contributed by atoms with Crippen molar-refractivity contribution in [2.24, 2.45) is 5.92 Å². The number of ketones is 1. The Balaban J connectivity index is 2.17. The minimum Gasteiger partial charge on any atom is -0.300 e. The van der Waals surface area contributed by atoms with Crippen molar-refractivity contribution in [3.63, 3.8) is 0 Å². The van der Waals surface area contributed by atoms with Crippen LogP contribution in [0, 0.1) is 16.0 Å². The van der Waals surface area contributed by atoms with Gasteiger partial charge in [-0.15, -0.1) is 0 Å². The van der Waals surface area contributed by atoms with Crippen LogP contribution >= 0.6 is 0 Å². The van der Waals surface area contributed by atoms with Gasteiger partial charge in [-0.2, -0.15) is 0 Å². The van der Waals surface area contributed by atoms with E-state index in [0.717, 1.165) is 11.1 Å². The summed E-state index contributed by atoms with van der Waals surface area (Å²) in [7, 11) is 0. The second kappa shape index (κ2) is 6.32. The molecule has 2 aromatic carbocycles. The first-order valence-corrected chi connectivity index (χ1v) is 7.87. The minimum atomic E-state index is -0.469. The quantitative estimate of drug-likeness (QED) is 0.640. The predicted molar refractivity (Wildman–Crippen MR) is 87.9 cm³/mol. The molecule has 0 amide bonds. The molecule has 1 atom stereocenters. The van der Waals surface area contributed by atoms with Gasteiger partial charge in [0.05, 0.1) is 0 Å². The Kier molecular flexibility index (Phi) is 4.24. The lowest BCUT2D eigenvalue weighted by Gasteiger charge is -2.43. The third-order valence-electron chi connectivity index (χ3n) is 4.92. The number of Topliss-reactive ketones (excluding diaryl/α,β-unsaturated/α-hetero) is 1. The first kappa shape index (κ1) is 15.4. The largest absolute Gasteiger partial charge is 0.300 e. The van der Waals surface area contributed by atoms with Gasteiger partial charge in [0.15, 0.2) is 0 Å². The molecule has 0 aliphatic heterocycles. The summed E-state index contributed by atoms with van der Waals surface area (Å²) < 4.78 is 0. The molecule has 0 spiro atoms. The summed E-state index contributed by atoms with van der Waals surface area (Å²) >= 11 is 0. The van der Waals surface area contributed by atoms with Crippen LogP contribution in [0.5, 0.6) is 0 Å². The summed E-state index contributed by atoms with van der Waals surface area (Å²) in [5.41, 5.74) is 1.65. The number of hydrogen-bond donors (Lipinski definition) is 0. The molecule has 4 nitrogen and oxygen atoms in total. The Bertz CT molecular complexity index is 656. The van der Waals surface area contributed by atoms with E-state index in [-0.39, 0.29) is 29.6 Å². The normalized spacial score (nSPS) is 20.2. The molecule has 0 bridgehead atoms. The molecule has 23 heavy (non-hydrogen) atoms. The number of nitro groups is 1. The number of rotatable bonds is 4. The first-order chi connectivity index (χ1) is 11.1. The maximum Gasteiger partial charge on any atom is 0.208 e. The number of hydrogen-bond acceptors (Lipinski definition) is 3. The standard InChI is InChI=1S/C19H19NO3/c21-18-11-12-19(15-7-3-1-4-8-15,16-9-5-2-6-10-16)17(13-18)14-20(22)23/h1-10,17H,11-14H2/t17-/m1/s1. The molecule has 1 saturated carbocycles. The fraction of sp³-hybridized carbons (Fsp3) is 0.316. The smallest absolute Gasteiger partial charge is 0.208 e. The lowest BCUT2D eigenvalue weighted by atomic mass is 9.59. The summed E-state index contributed by atoms with van der Waals surface area (Å²) in [6, 6.07) is 19.8. The van der Waals surface area contributed by atoms with Crippen LogP contribution in [0.4, 0.5) is 0 Å². The molecule has 1 aliphatic carbocycles. The highest BCUT2D eigenvalue weighted by Crippen LogP contribution is 2.47. The second-order valence-electron chi connectivity index (χ2n) is 6.16. The molecular formula is C19H19NO3. The minimum absolute atomic E-state index is 0.124. The highest BCUT2D eigenvalue weighted by molar-refractivity contribution is 5.80. The Labute approximate surface area is 135 Å². The van der Waals surface area contributed by atoms with E-state index >= 15 is 0 Å². The van der Waals surface area contributed by atoms with E-state index in [1.165, 1.54) is 0 Å². The molecule has 2 aromatic rings. The first-order valence-electron chi connectivity index (χ1n) is 7.87. The van der Waals surface area contributed by atoms with Crippen LogP contribution in [0.3, 0.4) is 0 Å². The lowest BCUT2D eigenvalue weighted by molar-refractivity contribution is -0.490. The van der Waals surface area contributed by atoms with Gasteiger partial charge in [0, 0.05) is 29.1 Å². The molecule has 0 heterocycles. The van der Waals surface area contributed by atoms with E-state index in [4.69, 9.17) is 0 Å². The van der Waals surface area contributed by atoms with Crippen molar-refractivity contribution < 1.29 is 9.72 Å². The van der Waals surface area contributed by atoms with Crippen molar-refractivity contribution in [2.45, 2.75) is 24.7 Å². The highest BCUT2D eigenvalue weighted by Gasteiger charge is 2.47. The number of benzene rings is 2. The van der Waals surface area contributed by atoms with Crippen LogP contribution in [0.2, 0.25) is 0 Å². The molecule has 0 saturated heterocycles. The summed E-state index contributed by atoms with van der Waals surface area (Å²) in [5, 5.41) is 11.2. The zero-order valence-electron chi connectivity index (χ0n) is 12.9. The molecule has 0 aromatic heterocycles. The average molecular weight is 309 g/mol. The lowest BCUT2D eigenvalue weighted by Crippen LogP contribution is -2.45. The number of nitrogens with zero attached hydrogens (tertiary/aromatic N) is 1. The Morgan fingerprint density at radius 3 is 2.00 bits per heavy atom. The summed E-state index contributed by atoms with van der Waals surface area (Å²) in [6.07, 6.45) is 1.36. The van der Waals surface area contributed by atoms with E-state index in [1.807, 2.05) is 60.7 Å². The van der Waals surface area contributed by atoms with E-state index in [9.17, 15) is 14.9 Å². The Morgan fingerprint density at radius 2 is 1.52 bits per heavy atom. The van der Waals surface area contributed by atoms with E-state index in [1.54, 1.807) is 0 Å². The number of carbonyl (C=O) groups is 1. The summed E-state index contributed by atoms with van der Waals surface area (Å²) in [5.74, 6) is -0.192. The van der Waals surface area contributed by atoms with E-state index in [2.05, 4.69) is 0 Å². The molecule has 4 heteroatoms. The molecule has 0 radical (unpaired) electrons. The van der Waals surface area contributed by atoms with Gasteiger partial charge in [-0.1, -0.05) is 60.7 Å². The second-order valence-corrected chi connectivity index (χ2v) is 6.16. The highest BCUT2D eigenvalue weighted by atomic mass is 16.6. The molecule has 0 unspecified atom stereocenters. The van der Waals surface area contributed by atoms with Gasteiger partial charge in [-0.25, -0.2) is 0 Å². The van der Waals surface area contributed by atoms with Crippen LogP contribution in [0.15, 0.2) is 60.7 Å². The van der Waals surface area contributed by atoms with Gasteiger partial charge in [0.25, 0.3) is 0 Å². The van der Waals surface area contributed by atoms with Crippen LogP contribution in [0.1, 0.15) is 30.4 Å². The van der Waals surface area contributed by atoms with Gasteiger partial charge in [-0.05, 0) is 17.5 Å². The van der Waals surface area contributed by atoms with Gasteiger partial charge < -0.3 is 0 Å². The molecule has 1 aliphatic rings. The van der Waals surface area contributed by atoms with Crippen molar-refractivity contribution in [3.05, 3.63) is 81.9 Å². The molecule has 3 rings (SSSR count). The van der Waals surface area contributed by atoms with Crippen LogP contribution in [-0.2, 0) is 10.2 Å².